The number of nitrogens with zero attached hydrogens (tertiary/aromatic N) is 2. The lowest BCUT2D eigenvalue weighted by atomic mass is 10.1. The first kappa shape index (κ1) is 10.5. The minimum Gasteiger partial charge on any atom is -0.249 e. The van der Waals surface area contributed by atoms with Gasteiger partial charge in [-0.15, -0.1) is 0 Å². The molecule has 4 nitrogen and oxygen atoms in total. The number of azo groups is 1. The van der Waals surface area contributed by atoms with Crippen LogP contribution in [0.2, 0.25) is 0 Å². The lowest BCUT2D eigenvalue weighted by Gasteiger charge is -2.16. The minimum absolute atomic E-state index is 0.226. The Balaban J connectivity index is 4.13. The highest BCUT2D eigenvalue weighted by molar-refractivity contribution is 4.69. The Hall–Kier alpha value is -0.480. The lowest BCUT2D eigenvalue weighted by molar-refractivity contribution is -0.312. The van der Waals surface area contributed by atoms with Crippen LogP contribution in [0.15, 0.2) is 10.2 Å². The fourth-order valence-corrected chi connectivity index (χ4v) is 0.289. The van der Waals surface area contributed by atoms with E-state index in [2.05, 4.69) is 15.1 Å². The number of rotatable bonds is 2. The second-order valence-electron chi connectivity index (χ2n) is 3.91. The van der Waals surface area contributed by atoms with Crippen LogP contribution in [-0.2, 0) is 4.89 Å². The molecule has 0 saturated carbocycles. The van der Waals surface area contributed by atoms with Crippen molar-refractivity contribution in [2.24, 2.45) is 10.2 Å². The Bertz CT molecular complexity index is 147. The highest BCUT2D eigenvalue weighted by atomic mass is 17.1. The summed E-state index contributed by atoms with van der Waals surface area (Å²) in [7, 11) is 0. The van der Waals surface area contributed by atoms with Crippen LogP contribution in [0.5, 0.6) is 0 Å². The van der Waals surface area contributed by atoms with Gasteiger partial charge in [0.25, 0.3) is 0 Å². The molecule has 0 rings (SSSR count). The van der Waals surface area contributed by atoms with Crippen LogP contribution in [0.25, 0.3) is 0 Å². The summed E-state index contributed by atoms with van der Waals surface area (Å²) >= 11 is 0. The molecule has 11 heavy (non-hydrogen) atoms. The SMILES string of the molecule is CC(C)(C)N=NC(C)(C)OO. The van der Waals surface area contributed by atoms with Crippen molar-refractivity contribution in [3.8, 4) is 0 Å². The average Bonchev–Trinajstić information content (AvgIpc) is 1.83. The molecule has 66 valence electrons. The molecule has 4 heteroatoms. The summed E-state index contributed by atoms with van der Waals surface area (Å²) in [5.74, 6) is 0. The van der Waals surface area contributed by atoms with Gasteiger partial charge in [0, 0.05) is 0 Å². The third-order valence-electron chi connectivity index (χ3n) is 0.814. The van der Waals surface area contributed by atoms with Gasteiger partial charge in [-0.25, -0.2) is 10.1 Å². The van der Waals surface area contributed by atoms with Crippen molar-refractivity contribution in [1.82, 2.24) is 0 Å². The largest absolute Gasteiger partial charge is 0.249 e. The van der Waals surface area contributed by atoms with E-state index in [-0.39, 0.29) is 5.54 Å². The molecule has 0 heterocycles. The predicted octanol–water partition coefficient (Wildman–Crippen LogP) is 2.46. The van der Waals surface area contributed by atoms with Crippen molar-refractivity contribution >= 4 is 0 Å². The number of hydrogen-bond donors (Lipinski definition) is 1. The van der Waals surface area contributed by atoms with E-state index in [0.29, 0.717) is 0 Å². The van der Waals surface area contributed by atoms with E-state index < -0.39 is 5.72 Å². The van der Waals surface area contributed by atoms with Gasteiger partial charge in [0.05, 0.1) is 5.54 Å². The summed E-state index contributed by atoms with van der Waals surface area (Å²) in [5.41, 5.74) is -1.16. The van der Waals surface area contributed by atoms with Gasteiger partial charge in [0.15, 0.2) is 0 Å². The molecule has 0 aliphatic carbocycles. The van der Waals surface area contributed by atoms with Crippen molar-refractivity contribution in [2.75, 3.05) is 0 Å². The highest BCUT2D eigenvalue weighted by Crippen LogP contribution is 2.14. The van der Waals surface area contributed by atoms with Crippen molar-refractivity contribution in [3.63, 3.8) is 0 Å². The van der Waals surface area contributed by atoms with E-state index in [1.807, 2.05) is 20.8 Å². The normalized spacial score (nSPS) is 14.4. The van der Waals surface area contributed by atoms with Crippen LogP contribution < -0.4 is 0 Å². The zero-order chi connectivity index (χ0) is 9.12. The van der Waals surface area contributed by atoms with Crippen molar-refractivity contribution in [3.05, 3.63) is 0 Å². The molecule has 0 unspecified atom stereocenters. The Kier molecular flexibility index (Phi) is 3.13. The second-order valence-corrected chi connectivity index (χ2v) is 3.91. The summed E-state index contributed by atoms with van der Waals surface area (Å²) in [6.07, 6.45) is 0. The minimum atomic E-state index is -0.937. The smallest absolute Gasteiger partial charge is 0.206 e. The average molecular weight is 160 g/mol. The van der Waals surface area contributed by atoms with Crippen LogP contribution in [0.1, 0.15) is 34.6 Å². The zero-order valence-electron chi connectivity index (χ0n) is 7.75. The molecule has 0 aromatic heterocycles. The van der Waals surface area contributed by atoms with E-state index in [0.717, 1.165) is 0 Å². The number of hydrogen-bond acceptors (Lipinski definition) is 4. The maximum atomic E-state index is 8.34. The van der Waals surface area contributed by atoms with Crippen LogP contribution in [0, 0.1) is 0 Å². The summed E-state index contributed by atoms with van der Waals surface area (Å²) in [6, 6.07) is 0. The maximum absolute atomic E-state index is 8.34. The quantitative estimate of drug-likeness (QED) is 0.383. The van der Waals surface area contributed by atoms with Gasteiger partial charge in [0.1, 0.15) is 0 Å². The summed E-state index contributed by atoms with van der Waals surface area (Å²) < 4.78 is 0. The van der Waals surface area contributed by atoms with Gasteiger partial charge in [-0.3, -0.25) is 0 Å². The van der Waals surface area contributed by atoms with Gasteiger partial charge in [-0.2, -0.15) is 10.2 Å². The molecule has 0 aliphatic heterocycles. The molecule has 0 aliphatic rings. The van der Waals surface area contributed by atoms with Crippen LogP contribution in [-0.4, -0.2) is 16.5 Å². The monoisotopic (exact) mass is 160 g/mol. The molecular formula is C7H16N2O2. The molecule has 0 saturated heterocycles. The first-order valence-electron chi connectivity index (χ1n) is 3.53. The highest BCUT2D eigenvalue weighted by Gasteiger charge is 2.18. The Morgan fingerprint density at radius 3 is 1.73 bits per heavy atom. The maximum Gasteiger partial charge on any atom is 0.206 e. The molecule has 0 fully saturated rings. The fourth-order valence-electron chi connectivity index (χ4n) is 0.289. The Morgan fingerprint density at radius 2 is 1.45 bits per heavy atom. The summed E-state index contributed by atoms with van der Waals surface area (Å²) in [5, 5.41) is 16.1. The van der Waals surface area contributed by atoms with Crippen molar-refractivity contribution in [1.29, 1.82) is 0 Å². The molecule has 0 amide bonds. The third kappa shape index (κ3) is 5.94. The van der Waals surface area contributed by atoms with E-state index in [1.165, 1.54) is 0 Å². The topological polar surface area (TPSA) is 54.2 Å². The molecule has 1 N–H and O–H groups in total. The van der Waals surface area contributed by atoms with Gasteiger partial charge in [0.2, 0.25) is 5.72 Å². The fraction of sp³-hybridized carbons (Fsp3) is 1.00. The lowest BCUT2D eigenvalue weighted by Crippen LogP contribution is -2.20. The molecule has 0 aromatic carbocycles. The second kappa shape index (κ2) is 3.28. The standard InChI is InChI=1S/C7H16N2O2/c1-6(2,3)8-9-7(4,5)11-10/h10H,1-5H3. The summed E-state index contributed by atoms with van der Waals surface area (Å²) in [6.45, 7) is 9.02. The molecule has 0 aromatic rings. The van der Waals surface area contributed by atoms with Crippen LogP contribution >= 0.6 is 0 Å². The Morgan fingerprint density at radius 1 is 1.00 bits per heavy atom. The van der Waals surface area contributed by atoms with Gasteiger partial charge in [-0.1, -0.05) is 0 Å². The summed E-state index contributed by atoms with van der Waals surface area (Å²) in [4.78, 5) is 4.07. The van der Waals surface area contributed by atoms with Crippen molar-refractivity contribution in [2.45, 2.75) is 45.9 Å². The zero-order valence-corrected chi connectivity index (χ0v) is 7.75. The predicted molar refractivity (Wildman–Crippen MR) is 42.4 cm³/mol. The third-order valence-corrected chi connectivity index (χ3v) is 0.814. The van der Waals surface area contributed by atoms with E-state index >= 15 is 0 Å². The van der Waals surface area contributed by atoms with Gasteiger partial charge >= 0.3 is 0 Å². The van der Waals surface area contributed by atoms with Crippen LogP contribution in [0.4, 0.5) is 0 Å². The van der Waals surface area contributed by atoms with E-state index in [9.17, 15) is 0 Å². The van der Waals surface area contributed by atoms with E-state index in [1.54, 1.807) is 13.8 Å². The molecular weight excluding hydrogens is 144 g/mol. The molecule has 0 spiro atoms. The van der Waals surface area contributed by atoms with Crippen molar-refractivity contribution < 1.29 is 10.1 Å². The van der Waals surface area contributed by atoms with Crippen LogP contribution in [0.3, 0.4) is 0 Å². The van der Waals surface area contributed by atoms with Gasteiger partial charge in [-0.05, 0) is 34.6 Å². The van der Waals surface area contributed by atoms with Gasteiger partial charge < -0.3 is 0 Å². The molecule has 0 radical (unpaired) electrons. The first-order valence-corrected chi connectivity index (χ1v) is 3.53. The van der Waals surface area contributed by atoms with E-state index in [4.69, 9.17) is 5.26 Å². The molecule has 0 bridgehead atoms. The molecule has 0 atom stereocenters. The Labute approximate surface area is 67.2 Å². The first-order chi connectivity index (χ1) is 4.77.